The Bertz CT molecular complexity index is 741. The van der Waals surface area contributed by atoms with Crippen LogP contribution in [0.4, 0.5) is 18.9 Å². The molecule has 0 radical (unpaired) electrons. The monoisotopic (exact) mass is 338 g/mol. The molecule has 1 atom stereocenters. The van der Waals surface area contributed by atoms with E-state index in [4.69, 9.17) is 5.26 Å². The van der Waals surface area contributed by atoms with Gasteiger partial charge in [-0.2, -0.15) is 18.4 Å². The molecule has 24 heavy (non-hydrogen) atoms. The predicted molar refractivity (Wildman–Crippen MR) is 76.9 cm³/mol. The van der Waals surface area contributed by atoms with Gasteiger partial charge in [0.25, 0.3) is 0 Å². The molecule has 0 bridgehead atoms. The second-order valence-electron chi connectivity index (χ2n) is 5.65. The number of anilines is 1. The Hall–Kier alpha value is -2.76. The third kappa shape index (κ3) is 2.75. The lowest BCUT2D eigenvalue weighted by atomic mass is 10.0. The highest BCUT2D eigenvalue weighted by molar-refractivity contribution is 6.35. The lowest BCUT2D eigenvalue weighted by Gasteiger charge is -2.44. The summed E-state index contributed by atoms with van der Waals surface area (Å²) >= 11 is 0. The molecule has 0 spiro atoms. The van der Waals surface area contributed by atoms with E-state index < -0.39 is 29.6 Å². The first-order chi connectivity index (χ1) is 11.3. The van der Waals surface area contributed by atoms with Gasteiger partial charge in [-0.1, -0.05) is 0 Å². The number of amides is 2. The van der Waals surface area contributed by atoms with Crippen LogP contribution in [-0.4, -0.2) is 48.9 Å². The molecule has 9 heteroatoms. The molecule has 3 rings (SSSR count). The van der Waals surface area contributed by atoms with Gasteiger partial charge >= 0.3 is 18.0 Å². The first kappa shape index (κ1) is 16.1. The summed E-state index contributed by atoms with van der Waals surface area (Å²) in [6.07, 6.45) is -4.54. The standard InChI is InChI=1S/C15H13F3N4O2/c16-15(17,18)11-2-1-9(6-19)5-12(11)21-3-4-22-10(8-21)7-20-13(23)14(22)24/h1-2,5,10H,3-4,7-8H2,(H,20,23). The molecule has 1 unspecified atom stereocenters. The molecule has 0 aliphatic carbocycles. The summed E-state index contributed by atoms with van der Waals surface area (Å²) in [7, 11) is 0. The third-order valence-electron chi connectivity index (χ3n) is 4.21. The highest BCUT2D eigenvalue weighted by atomic mass is 19.4. The van der Waals surface area contributed by atoms with Gasteiger partial charge in [0.1, 0.15) is 0 Å². The summed E-state index contributed by atoms with van der Waals surface area (Å²) in [5.74, 6) is -1.35. The normalized spacial score (nSPS) is 21.2. The minimum Gasteiger partial charge on any atom is -0.367 e. The Kier molecular flexibility index (Phi) is 3.83. The molecule has 2 amide bonds. The smallest absolute Gasteiger partial charge is 0.367 e. The van der Waals surface area contributed by atoms with Crippen molar-refractivity contribution in [3.63, 3.8) is 0 Å². The van der Waals surface area contributed by atoms with Gasteiger partial charge < -0.3 is 15.1 Å². The number of carbonyl (C=O) groups is 2. The van der Waals surface area contributed by atoms with Crippen molar-refractivity contribution in [1.29, 1.82) is 5.26 Å². The average molecular weight is 338 g/mol. The number of piperazine rings is 2. The van der Waals surface area contributed by atoms with E-state index in [9.17, 15) is 22.8 Å². The third-order valence-corrected chi connectivity index (χ3v) is 4.21. The zero-order valence-electron chi connectivity index (χ0n) is 12.4. The molecule has 2 aliphatic rings. The lowest BCUT2D eigenvalue weighted by Crippen LogP contribution is -2.65. The van der Waals surface area contributed by atoms with Crippen molar-refractivity contribution in [1.82, 2.24) is 10.2 Å². The summed E-state index contributed by atoms with van der Waals surface area (Å²) in [5, 5.41) is 11.4. The number of nitriles is 1. The zero-order valence-corrected chi connectivity index (χ0v) is 12.4. The maximum absolute atomic E-state index is 13.3. The summed E-state index contributed by atoms with van der Waals surface area (Å²) in [4.78, 5) is 26.1. The fourth-order valence-corrected chi connectivity index (χ4v) is 3.04. The number of halogens is 3. The second-order valence-corrected chi connectivity index (χ2v) is 5.65. The number of carbonyl (C=O) groups excluding carboxylic acids is 2. The van der Waals surface area contributed by atoms with Crippen LogP contribution in [0.3, 0.4) is 0 Å². The molecular weight excluding hydrogens is 325 g/mol. The van der Waals surface area contributed by atoms with Crippen molar-refractivity contribution >= 4 is 17.5 Å². The molecule has 1 aromatic carbocycles. The van der Waals surface area contributed by atoms with Crippen LogP contribution in [0.2, 0.25) is 0 Å². The van der Waals surface area contributed by atoms with Crippen LogP contribution in [0.25, 0.3) is 0 Å². The molecule has 2 fully saturated rings. The second kappa shape index (κ2) is 5.70. The molecule has 6 nitrogen and oxygen atoms in total. The van der Waals surface area contributed by atoms with E-state index in [1.807, 2.05) is 6.07 Å². The minimum atomic E-state index is -4.54. The molecular formula is C15H13F3N4O2. The van der Waals surface area contributed by atoms with Gasteiger partial charge in [-0.3, -0.25) is 9.59 Å². The zero-order chi connectivity index (χ0) is 17.5. The van der Waals surface area contributed by atoms with Gasteiger partial charge in [0.15, 0.2) is 0 Å². The van der Waals surface area contributed by atoms with Crippen LogP contribution in [0, 0.1) is 11.3 Å². The van der Waals surface area contributed by atoms with Crippen molar-refractivity contribution in [3.05, 3.63) is 29.3 Å². The molecule has 126 valence electrons. The Labute approximate surface area is 135 Å². The van der Waals surface area contributed by atoms with Crippen molar-refractivity contribution in [2.24, 2.45) is 0 Å². The van der Waals surface area contributed by atoms with Crippen LogP contribution in [0.5, 0.6) is 0 Å². The van der Waals surface area contributed by atoms with Crippen LogP contribution < -0.4 is 10.2 Å². The van der Waals surface area contributed by atoms with E-state index >= 15 is 0 Å². The quantitative estimate of drug-likeness (QED) is 0.766. The lowest BCUT2D eigenvalue weighted by molar-refractivity contribution is -0.150. The van der Waals surface area contributed by atoms with Crippen LogP contribution in [-0.2, 0) is 15.8 Å². The van der Waals surface area contributed by atoms with E-state index in [2.05, 4.69) is 5.32 Å². The summed E-state index contributed by atoms with van der Waals surface area (Å²) < 4.78 is 39.8. The number of alkyl halides is 3. The van der Waals surface area contributed by atoms with E-state index in [1.54, 1.807) is 0 Å². The fourth-order valence-electron chi connectivity index (χ4n) is 3.04. The van der Waals surface area contributed by atoms with Gasteiger partial charge in [-0.15, -0.1) is 0 Å². The van der Waals surface area contributed by atoms with Gasteiger partial charge in [-0.25, -0.2) is 0 Å². The first-order valence-corrected chi connectivity index (χ1v) is 7.26. The summed E-state index contributed by atoms with van der Waals surface area (Å²) in [6, 6.07) is 4.68. The van der Waals surface area contributed by atoms with Crippen LogP contribution in [0.15, 0.2) is 18.2 Å². The van der Waals surface area contributed by atoms with Crippen LogP contribution >= 0.6 is 0 Å². The molecule has 0 saturated carbocycles. The molecule has 1 aromatic rings. The van der Waals surface area contributed by atoms with E-state index in [0.717, 1.165) is 12.1 Å². The van der Waals surface area contributed by atoms with E-state index in [0.29, 0.717) is 0 Å². The molecule has 2 aliphatic heterocycles. The molecule has 2 heterocycles. The number of hydrogen-bond acceptors (Lipinski definition) is 4. The maximum Gasteiger partial charge on any atom is 0.418 e. The Morgan fingerprint density at radius 2 is 2.00 bits per heavy atom. The highest BCUT2D eigenvalue weighted by Gasteiger charge is 2.40. The van der Waals surface area contributed by atoms with Gasteiger partial charge in [0, 0.05) is 26.2 Å². The van der Waals surface area contributed by atoms with E-state index in [-0.39, 0.29) is 37.4 Å². The number of rotatable bonds is 1. The number of benzene rings is 1. The van der Waals surface area contributed by atoms with Crippen molar-refractivity contribution in [3.8, 4) is 6.07 Å². The summed E-state index contributed by atoms with van der Waals surface area (Å²) in [6.45, 7) is 0.669. The average Bonchev–Trinajstić information content (AvgIpc) is 2.56. The van der Waals surface area contributed by atoms with Crippen molar-refractivity contribution < 1.29 is 22.8 Å². The van der Waals surface area contributed by atoms with Crippen molar-refractivity contribution in [2.45, 2.75) is 12.2 Å². The Morgan fingerprint density at radius 1 is 1.25 bits per heavy atom. The first-order valence-electron chi connectivity index (χ1n) is 7.26. The number of nitrogens with one attached hydrogen (secondary N) is 1. The number of fused-ring (bicyclic) bond motifs is 1. The van der Waals surface area contributed by atoms with Crippen molar-refractivity contribution in [2.75, 3.05) is 31.1 Å². The number of hydrogen-bond donors (Lipinski definition) is 1. The number of nitrogens with zero attached hydrogens (tertiary/aromatic N) is 3. The van der Waals surface area contributed by atoms with Crippen LogP contribution in [0.1, 0.15) is 11.1 Å². The Morgan fingerprint density at radius 3 is 2.67 bits per heavy atom. The molecule has 0 aromatic heterocycles. The SMILES string of the molecule is N#Cc1ccc(C(F)(F)F)c(N2CCN3C(=O)C(=O)NCC3C2)c1. The highest BCUT2D eigenvalue weighted by Crippen LogP contribution is 2.38. The van der Waals surface area contributed by atoms with Gasteiger partial charge in [0.2, 0.25) is 0 Å². The maximum atomic E-state index is 13.3. The van der Waals surface area contributed by atoms with Gasteiger partial charge in [-0.05, 0) is 18.2 Å². The van der Waals surface area contributed by atoms with Gasteiger partial charge in [0.05, 0.1) is 28.9 Å². The fraction of sp³-hybridized carbons (Fsp3) is 0.400. The molecule has 2 saturated heterocycles. The predicted octanol–water partition coefficient (Wildman–Crippen LogP) is 0.724. The molecule has 1 N–H and O–H groups in total. The summed E-state index contributed by atoms with van der Waals surface area (Å²) in [5.41, 5.74) is -0.764. The van der Waals surface area contributed by atoms with E-state index in [1.165, 1.54) is 15.9 Å². The minimum absolute atomic E-state index is 0.0782. The largest absolute Gasteiger partial charge is 0.418 e. The Balaban J connectivity index is 1.92. The topological polar surface area (TPSA) is 76.4 Å².